The third-order valence-electron chi connectivity index (χ3n) is 2.72. The Hall–Kier alpha value is -1.84. The standard InChI is InChI=1S/C16H22O4/c1-5-19-15(17)13-7-6-8-14(10-13)16(18)20-12(4)9-11(2)3/h6-8,10-12H,5,9H2,1-4H3. The molecule has 1 rings (SSSR count). The minimum Gasteiger partial charge on any atom is -0.462 e. The Labute approximate surface area is 120 Å². The van der Waals surface area contributed by atoms with Crippen LogP contribution in [0.4, 0.5) is 0 Å². The first-order valence-corrected chi connectivity index (χ1v) is 6.92. The van der Waals surface area contributed by atoms with Crippen LogP contribution < -0.4 is 0 Å². The Bertz CT molecular complexity index is 465. The molecule has 0 saturated carbocycles. The van der Waals surface area contributed by atoms with Crippen molar-refractivity contribution in [3.8, 4) is 0 Å². The molecular weight excluding hydrogens is 256 g/mol. The number of rotatable bonds is 6. The summed E-state index contributed by atoms with van der Waals surface area (Å²) in [5.74, 6) is -0.384. The lowest BCUT2D eigenvalue weighted by Gasteiger charge is -2.15. The second kappa shape index (κ2) is 7.68. The van der Waals surface area contributed by atoms with Crippen molar-refractivity contribution in [2.45, 2.75) is 40.2 Å². The summed E-state index contributed by atoms with van der Waals surface area (Å²) in [6.45, 7) is 8.06. The zero-order valence-electron chi connectivity index (χ0n) is 12.5. The van der Waals surface area contributed by atoms with Crippen molar-refractivity contribution in [1.82, 2.24) is 0 Å². The van der Waals surface area contributed by atoms with Crippen molar-refractivity contribution in [1.29, 1.82) is 0 Å². The molecule has 1 aromatic rings. The molecule has 1 aromatic carbocycles. The van der Waals surface area contributed by atoms with E-state index in [0.29, 0.717) is 23.7 Å². The van der Waals surface area contributed by atoms with Gasteiger partial charge in [-0.1, -0.05) is 19.9 Å². The second-order valence-electron chi connectivity index (χ2n) is 5.15. The molecule has 1 atom stereocenters. The van der Waals surface area contributed by atoms with Crippen LogP contribution in [0.1, 0.15) is 54.8 Å². The van der Waals surface area contributed by atoms with Crippen molar-refractivity contribution >= 4 is 11.9 Å². The van der Waals surface area contributed by atoms with Gasteiger partial charge in [0.25, 0.3) is 0 Å². The van der Waals surface area contributed by atoms with Crippen LogP contribution in [0.5, 0.6) is 0 Å². The molecule has 110 valence electrons. The maximum Gasteiger partial charge on any atom is 0.338 e. The highest BCUT2D eigenvalue weighted by Crippen LogP contribution is 2.13. The van der Waals surface area contributed by atoms with E-state index < -0.39 is 11.9 Å². The van der Waals surface area contributed by atoms with Gasteiger partial charge >= 0.3 is 11.9 Å². The maximum atomic E-state index is 12.0. The minimum absolute atomic E-state index is 0.145. The predicted molar refractivity (Wildman–Crippen MR) is 76.7 cm³/mol. The van der Waals surface area contributed by atoms with Gasteiger partial charge in [-0.05, 0) is 44.4 Å². The molecule has 0 heterocycles. The molecule has 0 aliphatic rings. The summed E-state index contributed by atoms with van der Waals surface area (Å²) in [4.78, 5) is 23.6. The third-order valence-corrected chi connectivity index (χ3v) is 2.72. The third kappa shape index (κ3) is 5.03. The van der Waals surface area contributed by atoms with Gasteiger partial charge in [-0.2, -0.15) is 0 Å². The minimum atomic E-state index is -0.433. The average molecular weight is 278 g/mol. The number of hydrogen-bond donors (Lipinski definition) is 0. The van der Waals surface area contributed by atoms with Gasteiger partial charge in [-0.15, -0.1) is 0 Å². The Balaban J connectivity index is 2.73. The summed E-state index contributed by atoms with van der Waals surface area (Å²) in [6.07, 6.45) is 0.664. The van der Waals surface area contributed by atoms with E-state index in [1.54, 1.807) is 25.1 Å². The van der Waals surface area contributed by atoms with Crippen LogP contribution in [0.2, 0.25) is 0 Å². The number of benzene rings is 1. The number of carbonyl (C=O) groups excluding carboxylic acids is 2. The van der Waals surface area contributed by atoms with E-state index in [4.69, 9.17) is 9.47 Å². The molecule has 0 aliphatic carbocycles. The fourth-order valence-electron chi connectivity index (χ4n) is 1.95. The first kappa shape index (κ1) is 16.2. The summed E-state index contributed by atoms with van der Waals surface area (Å²) < 4.78 is 10.3. The quantitative estimate of drug-likeness (QED) is 0.748. The molecule has 20 heavy (non-hydrogen) atoms. The van der Waals surface area contributed by atoms with Crippen molar-refractivity contribution in [3.05, 3.63) is 35.4 Å². The normalized spacial score (nSPS) is 12.1. The highest BCUT2D eigenvalue weighted by molar-refractivity contribution is 5.95. The first-order chi connectivity index (χ1) is 9.43. The Kier molecular flexibility index (Phi) is 6.22. The predicted octanol–water partition coefficient (Wildman–Crippen LogP) is 3.45. The molecule has 0 fully saturated rings. The summed E-state index contributed by atoms with van der Waals surface area (Å²) >= 11 is 0. The Morgan fingerprint density at radius 1 is 1.10 bits per heavy atom. The smallest absolute Gasteiger partial charge is 0.338 e. The fourth-order valence-corrected chi connectivity index (χ4v) is 1.95. The summed E-state index contributed by atoms with van der Waals surface area (Å²) in [6, 6.07) is 6.40. The van der Waals surface area contributed by atoms with E-state index in [0.717, 1.165) is 6.42 Å². The topological polar surface area (TPSA) is 52.6 Å². The van der Waals surface area contributed by atoms with Gasteiger partial charge < -0.3 is 9.47 Å². The molecule has 0 radical (unpaired) electrons. The summed E-state index contributed by atoms with van der Waals surface area (Å²) in [5.41, 5.74) is 0.726. The lowest BCUT2D eigenvalue weighted by molar-refractivity contribution is 0.0299. The SMILES string of the molecule is CCOC(=O)c1cccc(C(=O)OC(C)CC(C)C)c1. The highest BCUT2D eigenvalue weighted by atomic mass is 16.5. The van der Waals surface area contributed by atoms with Gasteiger partial charge in [-0.3, -0.25) is 0 Å². The first-order valence-electron chi connectivity index (χ1n) is 6.92. The molecule has 4 nitrogen and oxygen atoms in total. The highest BCUT2D eigenvalue weighted by Gasteiger charge is 2.15. The molecule has 0 bridgehead atoms. The second-order valence-corrected chi connectivity index (χ2v) is 5.15. The molecule has 0 spiro atoms. The van der Waals surface area contributed by atoms with Gasteiger partial charge in [-0.25, -0.2) is 9.59 Å². The van der Waals surface area contributed by atoms with Crippen molar-refractivity contribution < 1.29 is 19.1 Å². The van der Waals surface area contributed by atoms with Crippen LogP contribution in [0.25, 0.3) is 0 Å². The van der Waals surface area contributed by atoms with Crippen molar-refractivity contribution in [3.63, 3.8) is 0 Å². The van der Waals surface area contributed by atoms with E-state index in [9.17, 15) is 9.59 Å². The van der Waals surface area contributed by atoms with Crippen molar-refractivity contribution in [2.24, 2.45) is 5.92 Å². The van der Waals surface area contributed by atoms with Crippen LogP contribution in [-0.4, -0.2) is 24.6 Å². The van der Waals surface area contributed by atoms with Crippen LogP contribution in [0.15, 0.2) is 24.3 Å². The molecule has 0 aromatic heterocycles. The molecule has 0 saturated heterocycles. The van der Waals surface area contributed by atoms with Crippen LogP contribution in [0.3, 0.4) is 0 Å². The van der Waals surface area contributed by atoms with Crippen LogP contribution >= 0.6 is 0 Å². The van der Waals surface area contributed by atoms with E-state index in [2.05, 4.69) is 13.8 Å². The van der Waals surface area contributed by atoms with Gasteiger partial charge in [0.05, 0.1) is 23.8 Å². The lowest BCUT2D eigenvalue weighted by atomic mass is 10.1. The van der Waals surface area contributed by atoms with E-state index in [1.165, 1.54) is 6.07 Å². The largest absolute Gasteiger partial charge is 0.462 e. The maximum absolute atomic E-state index is 12.0. The number of hydrogen-bond acceptors (Lipinski definition) is 4. The molecule has 1 unspecified atom stereocenters. The summed E-state index contributed by atoms with van der Waals surface area (Å²) in [7, 11) is 0. The molecular formula is C16H22O4. The van der Waals surface area contributed by atoms with E-state index in [-0.39, 0.29) is 6.10 Å². The lowest BCUT2D eigenvalue weighted by Crippen LogP contribution is -2.17. The van der Waals surface area contributed by atoms with Gasteiger partial charge in [0, 0.05) is 0 Å². The zero-order chi connectivity index (χ0) is 15.1. The van der Waals surface area contributed by atoms with Gasteiger partial charge in [0.2, 0.25) is 0 Å². The molecule has 0 aliphatic heterocycles. The Morgan fingerprint density at radius 2 is 1.70 bits per heavy atom. The Morgan fingerprint density at radius 3 is 2.25 bits per heavy atom. The van der Waals surface area contributed by atoms with Crippen molar-refractivity contribution in [2.75, 3.05) is 6.61 Å². The number of ether oxygens (including phenoxy) is 2. The summed E-state index contributed by atoms with van der Waals surface area (Å²) in [5, 5.41) is 0. The number of esters is 2. The van der Waals surface area contributed by atoms with Gasteiger partial charge in [0.15, 0.2) is 0 Å². The molecule has 4 heteroatoms. The van der Waals surface area contributed by atoms with E-state index >= 15 is 0 Å². The van der Waals surface area contributed by atoms with E-state index in [1.807, 2.05) is 6.92 Å². The number of carbonyl (C=O) groups is 2. The average Bonchev–Trinajstić information content (AvgIpc) is 2.38. The monoisotopic (exact) mass is 278 g/mol. The molecule has 0 N–H and O–H groups in total. The van der Waals surface area contributed by atoms with Crippen LogP contribution in [0, 0.1) is 5.92 Å². The fraction of sp³-hybridized carbons (Fsp3) is 0.500. The molecule has 0 amide bonds. The van der Waals surface area contributed by atoms with Gasteiger partial charge in [0.1, 0.15) is 0 Å². The van der Waals surface area contributed by atoms with Crippen LogP contribution in [-0.2, 0) is 9.47 Å². The zero-order valence-corrected chi connectivity index (χ0v) is 12.5.